The van der Waals surface area contributed by atoms with E-state index in [1.165, 1.54) is 19.3 Å². The van der Waals surface area contributed by atoms with Gasteiger partial charge in [-0.3, -0.25) is 9.69 Å². The van der Waals surface area contributed by atoms with E-state index in [4.69, 9.17) is 4.74 Å². The Morgan fingerprint density at radius 1 is 1.43 bits per heavy atom. The van der Waals surface area contributed by atoms with Crippen molar-refractivity contribution in [2.24, 2.45) is 0 Å². The van der Waals surface area contributed by atoms with Crippen molar-refractivity contribution in [3.63, 3.8) is 0 Å². The standard InChI is InChI=1S/C16H22N2O2S/c19-15(5-4-14-3-1-12-21-14)17-13-16(6-2-7-16)18-8-10-20-11-9-18/h1,3-5,12H,2,6-11,13H2,(H,17,19). The van der Waals surface area contributed by atoms with Gasteiger partial charge in [0.15, 0.2) is 0 Å². The number of carbonyl (C=O) groups excluding carboxylic acids is 1. The van der Waals surface area contributed by atoms with Crippen LogP contribution in [0, 0.1) is 0 Å². The molecule has 0 atom stereocenters. The molecule has 1 saturated carbocycles. The number of nitrogens with zero attached hydrogens (tertiary/aromatic N) is 1. The third-order valence-electron chi connectivity index (χ3n) is 4.50. The predicted molar refractivity (Wildman–Crippen MR) is 85.3 cm³/mol. The highest BCUT2D eigenvalue weighted by Crippen LogP contribution is 2.37. The van der Waals surface area contributed by atoms with Gasteiger partial charge in [0.25, 0.3) is 0 Å². The van der Waals surface area contributed by atoms with Crippen LogP contribution in [0.5, 0.6) is 0 Å². The van der Waals surface area contributed by atoms with E-state index in [9.17, 15) is 4.79 Å². The van der Waals surface area contributed by atoms with E-state index < -0.39 is 0 Å². The van der Waals surface area contributed by atoms with E-state index >= 15 is 0 Å². The van der Waals surface area contributed by atoms with Crippen molar-refractivity contribution in [1.29, 1.82) is 0 Å². The third-order valence-corrected chi connectivity index (χ3v) is 5.34. The first-order valence-electron chi connectivity index (χ1n) is 7.61. The molecular weight excluding hydrogens is 284 g/mol. The molecule has 0 unspecified atom stereocenters. The molecule has 1 aliphatic heterocycles. The van der Waals surface area contributed by atoms with Crippen LogP contribution in [0.15, 0.2) is 23.6 Å². The number of carbonyl (C=O) groups is 1. The molecule has 5 heteroatoms. The fourth-order valence-corrected chi connectivity index (χ4v) is 3.70. The molecule has 2 heterocycles. The van der Waals surface area contributed by atoms with E-state index in [-0.39, 0.29) is 11.4 Å². The summed E-state index contributed by atoms with van der Waals surface area (Å²) in [7, 11) is 0. The molecule has 2 aliphatic rings. The Hall–Kier alpha value is -1.17. The van der Waals surface area contributed by atoms with Gasteiger partial charge in [0, 0.05) is 36.1 Å². The highest BCUT2D eigenvalue weighted by atomic mass is 32.1. The molecule has 21 heavy (non-hydrogen) atoms. The molecule has 1 aliphatic carbocycles. The van der Waals surface area contributed by atoms with Crippen LogP contribution in [-0.2, 0) is 9.53 Å². The maximum absolute atomic E-state index is 12.0. The Labute approximate surface area is 129 Å². The Morgan fingerprint density at radius 3 is 2.86 bits per heavy atom. The van der Waals surface area contributed by atoms with Crippen molar-refractivity contribution in [2.75, 3.05) is 32.8 Å². The van der Waals surface area contributed by atoms with Gasteiger partial charge < -0.3 is 10.1 Å². The van der Waals surface area contributed by atoms with E-state index in [2.05, 4.69) is 10.2 Å². The van der Waals surface area contributed by atoms with Gasteiger partial charge in [-0.25, -0.2) is 0 Å². The summed E-state index contributed by atoms with van der Waals surface area (Å²) >= 11 is 1.64. The summed E-state index contributed by atoms with van der Waals surface area (Å²) in [5.74, 6) is 0.00272. The lowest BCUT2D eigenvalue weighted by molar-refractivity contribution is -0.118. The van der Waals surface area contributed by atoms with E-state index in [0.717, 1.165) is 37.7 Å². The monoisotopic (exact) mass is 306 g/mol. The van der Waals surface area contributed by atoms with Gasteiger partial charge in [-0.2, -0.15) is 0 Å². The Bertz CT molecular complexity index is 488. The zero-order valence-electron chi connectivity index (χ0n) is 12.2. The van der Waals surface area contributed by atoms with Crippen LogP contribution in [-0.4, -0.2) is 49.2 Å². The number of hydrogen-bond donors (Lipinski definition) is 1. The first-order valence-corrected chi connectivity index (χ1v) is 8.49. The molecular formula is C16H22N2O2S. The van der Waals surface area contributed by atoms with E-state index in [0.29, 0.717) is 0 Å². The number of ether oxygens (including phenoxy) is 1. The molecule has 1 saturated heterocycles. The first kappa shape index (κ1) is 14.8. The number of morpholine rings is 1. The van der Waals surface area contributed by atoms with Crippen LogP contribution in [0.3, 0.4) is 0 Å². The van der Waals surface area contributed by atoms with Gasteiger partial charge in [0.1, 0.15) is 0 Å². The third kappa shape index (κ3) is 3.54. The Morgan fingerprint density at radius 2 is 2.24 bits per heavy atom. The van der Waals surface area contributed by atoms with Gasteiger partial charge >= 0.3 is 0 Å². The lowest BCUT2D eigenvalue weighted by atomic mass is 9.75. The van der Waals surface area contributed by atoms with Crippen molar-refractivity contribution in [3.8, 4) is 0 Å². The van der Waals surface area contributed by atoms with E-state index in [1.54, 1.807) is 17.4 Å². The molecule has 0 spiro atoms. The average molecular weight is 306 g/mol. The highest BCUT2D eigenvalue weighted by Gasteiger charge is 2.42. The van der Waals surface area contributed by atoms with Crippen LogP contribution in [0.2, 0.25) is 0 Å². The van der Waals surface area contributed by atoms with Crippen molar-refractivity contribution >= 4 is 23.3 Å². The highest BCUT2D eigenvalue weighted by molar-refractivity contribution is 7.10. The number of amides is 1. The lowest BCUT2D eigenvalue weighted by Gasteiger charge is -2.51. The number of nitrogens with one attached hydrogen (secondary N) is 1. The molecule has 1 aromatic rings. The minimum Gasteiger partial charge on any atom is -0.379 e. The zero-order valence-corrected chi connectivity index (χ0v) is 13.0. The summed E-state index contributed by atoms with van der Waals surface area (Å²) in [4.78, 5) is 15.6. The Balaban J connectivity index is 1.51. The van der Waals surface area contributed by atoms with Crippen LogP contribution < -0.4 is 5.32 Å². The summed E-state index contributed by atoms with van der Waals surface area (Å²) in [6, 6.07) is 4.00. The van der Waals surface area contributed by atoms with Crippen molar-refractivity contribution in [3.05, 3.63) is 28.5 Å². The molecule has 0 aromatic carbocycles. The second kappa shape index (κ2) is 6.73. The average Bonchev–Trinajstić information content (AvgIpc) is 2.98. The number of hydrogen-bond acceptors (Lipinski definition) is 4. The normalized spacial score (nSPS) is 22.1. The maximum Gasteiger partial charge on any atom is 0.244 e. The molecule has 1 amide bonds. The van der Waals surface area contributed by atoms with Crippen molar-refractivity contribution in [1.82, 2.24) is 10.2 Å². The SMILES string of the molecule is O=C(C=Cc1cccs1)NCC1(N2CCOCC2)CCC1. The van der Waals surface area contributed by atoms with Gasteiger partial charge in [-0.15, -0.1) is 11.3 Å². The van der Waals surface area contributed by atoms with Crippen molar-refractivity contribution in [2.45, 2.75) is 24.8 Å². The molecule has 0 bridgehead atoms. The largest absolute Gasteiger partial charge is 0.379 e. The first-order chi connectivity index (χ1) is 10.3. The summed E-state index contributed by atoms with van der Waals surface area (Å²) in [5.41, 5.74) is 0.177. The molecule has 0 radical (unpaired) electrons. The number of rotatable bonds is 5. The van der Waals surface area contributed by atoms with Crippen LogP contribution >= 0.6 is 11.3 Å². The summed E-state index contributed by atoms with van der Waals surface area (Å²) < 4.78 is 5.43. The second-order valence-corrected chi connectivity index (χ2v) is 6.72. The van der Waals surface area contributed by atoms with Gasteiger partial charge in [0.05, 0.1) is 13.2 Å². The number of thiophene rings is 1. The zero-order chi connectivity index (χ0) is 14.5. The quantitative estimate of drug-likeness (QED) is 0.847. The summed E-state index contributed by atoms with van der Waals surface area (Å²) in [5, 5.41) is 5.09. The fourth-order valence-electron chi connectivity index (χ4n) is 3.08. The smallest absolute Gasteiger partial charge is 0.244 e. The molecule has 114 valence electrons. The van der Waals surface area contributed by atoms with Gasteiger partial charge in [0.2, 0.25) is 5.91 Å². The van der Waals surface area contributed by atoms with Crippen LogP contribution in [0.1, 0.15) is 24.1 Å². The molecule has 1 N–H and O–H groups in total. The fraction of sp³-hybridized carbons (Fsp3) is 0.562. The second-order valence-electron chi connectivity index (χ2n) is 5.74. The minimum atomic E-state index is 0.00272. The predicted octanol–water partition coefficient (Wildman–Crippen LogP) is 2.13. The molecule has 1 aromatic heterocycles. The van der Waals surface area contributed by atoms with Gasteiger partial charge in [-0.1, -0.05) is 6.07 Å². The molecule has 4 nitrogen and oxygen atoms in total. The lowest BCUT2D eigenvalue weighted by Crippen LogP contribution is -2.62. The van der Waals surface area contributed by atoms with Crippen LogP contribution in [0.25, 0.3) is 6.08 Å². The topological polar surface area (TPSA) is 41.6 Å². The van der Waals surface area contributed by atoms with Gasteiger partial charge in [-0.05, 0) is 36.8 Å². The molecule has 2 fully saturated rings. The van der Waals surface area contributed by atoms with E-state index in [1.807, 2.05) is 23.6 Å². The summed E-state index contributed by atoms with van der Waals surface area (Å²) in [6.45, 7) is 4.35. The molecule has 3 rings (SSSR count). The Kier molecular flexibility index (Phi) is 4.73. The minimum absolute atomic E-state index is 0.00272. The maximum atomic E-state index is 12.0. The summed E-state index contributed by atoms with van der Waals surface area (Å²) in [6.07, 6.45) is 7.14. The van der Waals surface area contributed by atoms with Crippen molar-refractivity contribution < 1.29 is 9.53 Å². The van der Waals surface area contributed by atoms with Crippen LogP contribution in [0.4, 0.5) is 0 Å².